The first-order valence-electron chi connectivity index (χ1n) is 15.8. The highest BCUT2D eigenvalue weighted by atomic mass is 16.3. The summed E-state index contributed by atoms with van der Waals surface area (Å²) in [6.45, 7) is 8.17. The molecule has 1 aliphatic carbocycles. The fourth-order valence-corrected chi connectivity index (χ4v) is 6.80. The molecule has 7 rings (SSSR count). The summed E-state index contributed by atoms with van der Waals surface area (Å²) < 4.78 is 0. The van der Waals surface area contributed by atoms with Crippen LogP contribution in [0.15, 0.2) is 109 Å². The van der Waals surface area contributed by atoms with Crippen LogP contribution >= 0.6 is 0 Å². The Hall–Kier alpha value is -5.88. The molecule has 0 saturated heterocycles. The first-order chi connectivity index (χ1) is 22.7. The molecule has 0 aromatic heterocycles. The largest absolute Gasteiger partial charge is 0.508 e. The summed E-state index contributed by atoms with van der Waals surface area (Å²) in [5, 5.41) is 66.2. The fourth-order valence-electron chi connectivity index (χ4n) is 6.80. The molecule has 0 fully saturated rings. The van der Waals surface area contributed by atoms with Crippen molar-refractivity contribution >= 4 is 0 Å². The van der Waals surface area contributed by atoms with Crippen molar-refractivity contribution in [2.75, 3.05) is 0 Å². The van der Waals surface area contributed by atoms with Crippen molar-refractivity contribution in [3.8, 4) is 79.0 Å². The number of phenolic OH excluding ortho intramolecular Hbond substituents is 6. The van der Waals surface area contributed by atoms with Crippen molar-refractivity contribution in [3.05, 3.63) is 131 Å². The van der Waals surface area contributed by atoms with Gasteiger partial charge in [0, 0.05) is 33.1 Å². The standard InChI is InChI=1S/C42H36O6/c1-41(2)27-5-9-37(45)33(19-27)23-13-25(17-31(43)15-23)35-21-29(7-11-39(35)47)42(3,4)30-8-12-40(48)36(22-30)26-14-24(16-32(44)18-26)34-20-28(41)6-10-38(34)46/h5-22,43-48H,1-4H3. The van der Waals surface area contributed by atoms with Crippen molar-refractivity contribution in [2.45, 2.75) is 38.5 Å². The van der Waals surface area contributed by atoms with Crippen molar-refractivity contribution in [3.63, 3.8) is 0 Å². The Kier molecular flexibility index (Phi) is 6.95. The van der Waals surface area contributed by atoms with Gasteiger partial charge in [0.1, 0.15) is 34.5 Å². The van der Waals surface area contributed by atoms with E-state index in [1.807, 2.05) is 88.4 Å². The smallest absolute Gasteiger partial charge is 0.123 e. The third-order valence-corrected chi connectivity index (χ3v) is 9.95. The van der Waals surface area contributed by atoms with Crippen molar-refractivity contribution in [2.24, 2.45) is 0 Å². The van der Waals surface area contributed by atoms with E-state index in [9.17, 15) is 30.6 Å². The fraction of sp³-hybridized carbons (Fsp3) is 0.143. The van der Waals surface area contributed by atoms with E-state index in [4.69, 9.17) is 0 Å². The number of phenols is 6. The van der Waals surface area contributed by atoms with Crippen LogP contribution in [0.25, 0.3) is 44.5 Å². The van der Waals surface area contributed by atoms with Gasteiger partial charge in [-0.2, -0.15) is 0 Å². The van der Waals surface area contributed by atoms with Gasteiger partial charge in [0.15, 0.2) is 0 Å². The topological polar surface area (TPSA) is 121 Å². The van der Waals surface area contributed by atoms with Crippen LogP contribution in [-0.2, 0) is 10.8 Å². The minimum Gasteiger partial charge on any atom is -0.508 e. The summed E-state index contributed by atoms with van der Waals surface area (Å²) in [6.07, 6.45) is 0. The Morgan fingerprint density at radius 2 is 0.542 bits per heavy atom. The molecule has 6 heteroatoms. The molecule has 1 aliphatic rings. The molecule has 0 atom stereocenters. The lowest BCUT2D eigenvalue weighted by molar-refractivity contribution is 0.472. The number of benzene rings is 6. The summed E-state index contributed by atoms with van der Waals surface area (Å²) in [6, 6.07) is 31.5. The average Bonchev–Trinajstić information content (AvgIpc) is 3.04. The Balaban J connectivity index is 1.56. The van der Waals surface area contributed by atoms with E-state index in [-0.39, 0.29) is 34.5 Å². The lowest BCUT2D eigenvalue weighted by Crippen LogP contribution is -2.19. The third-order valence-electron chi connectivity index (χ3n) is 9.95. The summed E-state index contributed by atoms with van der Waals surface area (Å²) in [5.41, 5.74) is 6.58. The lowest BCUT2D eigenvalue weighted by atomic mass is 9.75. The van der Waals surface area contributed by atoms with Gasteiger partial charge in [-0.05, 0) is 129 Å². The van der Waals surface area contributed by atoms with Gasteiger partial charge in [-0.1, -0.05) is 52.0 Å². The predicted molar refractivity (Wildman–Crippen MR) is 189 cm³/mol. The van der Waals surface area contributed by atoms with Gasteiger partial charge in [0.2, 0.25) is 0 Å². The molecule has 0 unspecified atom stereocenters. The lowest BCUT2D eigenvalue weighted by Gasteiger charge is -2.28. The molecular formula is C42H36O6. The van der Waals surface area contributed by atoms with Crippen LogP contribution in [0.1, 0.15) is 49.9 Å². The second-order valence-corrected chi connectivity index (χ2v) is 13.7. The molecule has 240 valence electrons. The van der Waals surface area contributed by atoms with Crippen LogP contribution in [-0.4, -0.2) is 30.6 Å². The van der Waals surface area contributed by atoms with Crippen LogP contribution in [0.2, 0.25) is 0 Å². The Morgan fingerprint density at radius 1 is 0.312 bits per heavy atom. The highest BCUT2D eigenvalue weighted by Crippen LogP contribution is 2.46. The molecule has 0 amide bonds. The zero-order valence-corrected chi connectivity index (χ0v) is 27.1. The minimum absolute atomic E-state index is 0.0199. The molecular weight excluding hydrogens is 600 g/mol. The van der Waals surface area contributed by atoms with Crippen LogP contribution in [0.4, 0.5) is 0 Å². The highest BCUT2D eigenvalue weighted by molar-refractivity contribution is 5.83. The molecule has 6 N–H and O–H groups in total. The molecule has 0 aliphatic heterocycles. The highest BCUT2D eigenvalue weighted by Gasteiger charge is 2.28. The minimum atomic E-state index is -0.615. The Bertz CT molecular complexity index is 1950. The Morgan fingerprint density at radius 3 is 0.771 bits per heavy atom. The molecule has 0 heterocycles. The van der Waals surface area contributed by atoms with Gasteiger partial charge in [0.25, 0.3) is 0 Å². The van der Waals surface area contributed by atoms with Crippen molar-refractivity contribution < 1.29 is 30.6 Å². The number of hydrogen-bond donors (Lipinski definition) is 6. The number of rotatable bonds is 0. The third kappa shape index (κ3) is 5.06. The predicted octanol–water partition coefficient (Wildman–Crippen LogP) is 9.55. The van der Waals surface area contributed by atoms with E-state index in [1.54, 1.807) is 48.5 Å². The maximum atomic E-state index is 11.1. The van der Waals surface area contributed by atoms with Crippen LogP contribution in [0, 0.1) is 0 Å². The second-order valence-electron chi connectivity index (χ2n) is 13.7. The Labute approximate surface area is 279 Å². The van der Waals surface area contributed by atoms with Gasteiger partial charge in [-0.25, -0.2) is 0 Å². The van der Waals surface area contributed by atoms with E-state index < -0.39 is 10.8 Å². The van der Waals surface area contributed by atoms with E-state index in [1.165, 1.54) is 0 Å². The van der Waals surface area contributed by atoms with E-state index >= 15 is 0 Å². The van der Waals surface area contributed by atoms with Crippen LogP contribution < -0.4 is 0 Å². The molecule has 48 heavy (non-hydrogen) atoms. The molecule has 6 nitrogen and oxygen atoms in total. The van der Waals surface area contributed by atoms with Gasteiger partial charge in [0.05, 0.1) is 0 Å². The van der Waals surface area contributed by atoms with E-state index in [2.05, 4.69) is 0 Å². The maximum absolute atomic E-state index is 11.1. The number of fused-ring (bicyclic) bond motifs is 16. The second kappa shape index (κ2) is 10.8. The maximum Gasteiger partial charge on any atom is 0.123 e. The van der Waals surface area contributed by atoms with Gasteiger partial charge in [-0.15, -0.1) is 0 Å². The zero-order chi connectivity index (χ0) is 34.1. The number of aromatic hydroxyl groups is 6. The first-order valence-corrected chi connectivity index (χ1v) is 15.8. The summed E-state index contributed by atoms with van der Waals surface area (Å²) in [5.74, 6) is 0.105. The van der Waals surface area contributed by atoms with Gasteiger partial charge < -0.3 is 30.6 Å². The first kappa shape index (κ1) is 30.8. The molecule has 0 saturated carbocycles. The molecule has 0 spiro atoms. The van der Waals surface area contributed by atoms with E-state index in [0.717, 1.165) is 22.3 Å². The summed E-state index contributed by atoms with van der Waals surface area (Å²) >= 11 is 0. The van der Waals surface area contributed by atoms with Crippen molar-refractivity contribution in [1.82, 2.24) is 0 Å². The SMILES string of the molecule is CC1(C)c2ccc(O)c(c2)-c2cc(O)cc(c2)-c2cc(ccc2O)C(C)(C)c2ccc(O)c(c2)-c2cc(O)cc(c2)-c2cc1ccc2O. The monoisotopic (exact) mass is 636 g/mol. The van der Waals surface area contributed by atoms with E-state index in [0.29, 0.717) is 44.5 Å². The molecule has 6 aromatic rings. The summed E-state index contributed by atoms with van der Waals surface area (Å²) in [4.78, 5) is 0. The molecule has 0 radical (unpaired) electrons. The van der Waals surface area contributed by atoms with Crippen LogP contribution in [0.3, 0.4) is 0 Å². The van der Waals surface area contributed by atoms with Crippen LogP contribution in [0.5, 0.6) is 34.5 Å². The van der Waals surface area contributed by atoms with Gasteiger partial charge in [-0.3, -0.25) is 0 Å². The number of hydrogen-bond acceptors (Lipinski definition) is 6. The average molecular weight is 637 g/mol. The summed E-state index contributed by atoms with van der Waals surface area (Å²) in [7, 11) is 0. The molecule has 6 aromatic carbocycles. The normalized spacial score (nSPS) is 14.2. The quantitative estimate of drug-likeness (QED) is 0.0988. The van der Waals surface area contributed by atoms with Crippen molar-refractivity contribution in [1.29, 1.82) is 0 Å². The molecule has 12 bridgehead atoms. The zero-order valence-electron chi connectivity index (χ0n) is 27.1. The van der Waals surface area contributed by atoms with Gasteiger partial charge >= 0.3 is 0 Å².